The lowest BCUT2D eigenvalue weighted by molar-refractivity contribution is -0.127. The van der Waals surface area contributed by atoms with Crippen molar-refractivity contribution in [1.82, 2.24) is 15.5 Å². The Balaban J connectivity index is 1.40. The van der Waals surface area contributed by atoms with Crippen molar-refractivity contribution in [3.8, 4) is 0 Å². The van der Waals surface area contributed by atoms with Crippen LogP contribution < -0.4 is 10.6 Å². The van der Waals surface area contributed by atoms with Gasteiger partial charge in [0.25, 0.3) is 0 Å². The summed E-state index contributed by atoms with van der Waals surface area (Å²) in [7, 11) is 0. The maximum Gasteiger partial charge on any atom is 0.317 e. The Kier molecular flexibility index (Phi) is 6.60. The van der Waals surface area contributed by atoms with E-state index in [1.54, 1.807) is 0 Å². The second kappa shape index (κ2) is 8.91. The molecule has 3 amide bonds. The second-order valence-corrected chi connectivity index (χ2v) is 8.42. The summed E-state index contributed by atoms with van der Waals surface area (Å²) in [5.74, 6) is 0.887. The third kappa shape index (κ3) is 5.11. The zero-order valence-corrected chi connectivity index (χ0v) is 15.8. The molecule has 1 heterocycles. The van der Waals surface area contributed by atoms with Crippen molar-refractivity contribution in [1.29, 1.82) is 0 Å². The van der Waals surface area contributed by atoms with E-state index in [9.17, 15) is 9.59 Å². The lowest BCUT2D eigenvalue weighted by atomic mass is 9.85. The molecule has 2 aliphatic carbocycles. The van der Waals surface area contributed by atoms with Gasteiger partial charge in [0.2, 0.25) is 5.91 Å². The van der Waals surface area contributed by atoms with Crippen molar-refractivity contribution in [2.24, 2.45) is 11.8 Å². The summed E-state index contributed by atoms with van der Waals surface area (Å²) in [5.41, 5.74) is 0. The first-order valence-electron chi connectivity index (χ1n) is 10.5. The molecule has 0 aromatic carbocycles. The quantitative estimate of drug-likeness (QED) is 0.820. The monoisotopic (exact) mass is 349 g/mol. The minimum atomic E-state index is 0.0756. The van der Waals surface area contributed by atoms with Crippen LogP contribution in [0.15, 0.2) is 0 Å². The summed E-state index contributed by atoms with van der Waals surface area (Å²) in [5, 5.41) is 6.48. The fraction of sp³-hybridized carbons (Fsp3) is 0.900. The van der Waals surface area contributed by atoms with Gasteiger partial charge in [-0.05, 0) is 44.4 Å². The highest BCUT2D eigenvalue weighted by Crippen LogP contribution is 2.25. The predicted octanol–water partition coefficient (Wildman–Crippen LogP) is 3.44. The number of carbonyl (C=O) groups is 2. The summed E-state index contributed by atoms with van der Waals surface area (Å²) in [6, 6.07) is 0.788. The van der Waals surface area contributed by atoms with Gasteiger partial charge in [0.1, 0.15) is 0 Å². The van der Waals surface area contributed by atoms with Crippen molar-refractivity contribution in [2.45, 2.75) is 89.6 Å². The molecule has 0 radical (unpaired) electrons. The highest BCUT2D eigenvalue weighted by atomic mass is 16.2. The number of amides is 3. The van der Waals surface area contributed by atoms with Gasteiger partial charge in [0, 0.05) is 31.1 Å². The molecule has 3 rings (SSSR count). The third-order valence-corrected chi connectivity index (χ3v) is 6.52. The standard InChI is InChI=1S/C20H35N3O2/c1-15-7-5-6-10-18(15)22-19(24)16-11-13-23(14-12-16)20(25)21-17-8-3-2-4-9-17/h15-18H,2-14H2,1H3,(H,21,25)(H,22,24)/t15-,18+/m0/s1. The first kappa shape index (κ1) is 18.5. The van der Waals surface area contributed by atoms with Gasteiger partial charge in [0.05, 0.1) is 0 Å². The molecule has 0 aromatic heterocycles. The molecule has 0 bridgehead atoms. The van der Waals surface area contributed by atoms with Gasteiger partial charge in [-0.3, -0.25) is 4.79 Å². The van der Waals surface area contributed by atoms with E-state index in [0.29, 0.717) is 31.1 Å². The fourth-order valence-electron chi connectivity index (χ4n) is 4.69. The SMILES string of the molecule is C[C@H]1CCCC[C@H]1NC(=O)C1CCN(C(=O)NC2CCCCC2)CC1. The van der Waals surface area contributed by atoms with Crippen molar-refractivity contribution in [3.05, 3.63) is 0 Å². The van der Waals surface area contributed by atoms with E-state index >= 15 is 0 Å². The number of hydrogen-bond acceptors (Lipinski definition) is 2. The number of hydrogen-bond donors (Lipinski definition) is 2. The van der Waals surface area contributed by atoms with Crippen LogP contribution in [0.3, 0.4) is 0 Å². The average molecular weight is 350 g/mol. The van der Waals surface area contributed by atoms with Crippen LogP contribution in [0, 0.1) is 11.8 Å². The Morgan fingerprint density at radius 1 is 0.800 bits per heavy atom. The Hall–Kier alpha value is -1.26. The lowest BCUT2D eigenvalue weighted by Crippen LogP contribution is -2.51. The van der Waals surface area contributed by atoms with Crippen LogP contribution in [0.1, 0.15) is 77.6 Å². The van der Waals surface area contributed by atoms with E-state index in [1.807, 2.05) is 4.90 Å². The van der Waals surface area contributed by atoms with E-state index < -0.39 is 0 Å². The molecule has 1 aliphatic heterocycles. The van der Waals surface area contributed by atoms with Gasteiger partial charge in [-0.15, -0.1) is 0 Å². The molecular formula is C20H35N3O2. The normalized spacial score (nSPS) is 29.2. The highest BCUT2D eigenvalue weighted by molar-refractivity contribution is 5.80. The van der Waals surface area contributed by atoms with Crippen molar-refractivity contribution in [3.63, 3.8) is 0 Å². The molecule has 3 aliphatic rings. The van der Waals surface area contributed by atoms with Gasteiger partial charge < -0.3 is 15.5 Å². The maximum atomic E-state index is 12.6. The average Bonchev–Trinajstić information content (AvgIpc) is 2.64. The molecule has 25 heavy (non-hydrogen) atoms. The summed E-state index contributed by atoms with van der Waals surface area (Å²) < 4.78 is 0. The van der Waals surface area contributed by atoms with Crippen LogP contribution >= 0.6 is 0 Å². The van der Waals surface area contributed by atoms with Crippen LogP contribution in [0.25, 0.3) is 0 Å². The number of urea groups is 1. The minimum absolute atomic E-state index is 0.0756. The molecule has 5 nitrogen and oxygen atoms in total. The number of carbonyl (C=O) groups excluding carboxylic acids is 2. The first-order chi connectivity index (χ1) is 12.1. The van der Waals surface area contributed by atoms with Crippen LogP contribution in [-0.4, -0.2) is 42.0 Å². The number of nitrogens with one attached hydrogen (secondary N) is 2. The molecular weight excluding hydrogens is 314 g/mol. The summed E-state index contributed by atoms with van der Waals surface area (Å²) >= 11 is 0. The van der Waals surface area contributed by atoms with Crippen molar-refractivity contribution < 1.29 is 9.59 Å². The number of rotatable bonds is 3. The molecule has 5 heteroatoms. The van der Waals surface area contributed by atoms with E-state index in [1.165, 1.54) is 38.5 Å². The zero-order valence-electron chi connectivity index (χ0n) is 15.8. The Morgan fingerprint density at radius 2 is 1.44 bits per heavy atom. The number of nitrogens with zero attached hydrogens (tertiary/aromatic N) is 1. The minimum Gasteiger partial charge on any atom is -0.353 e. The van der Waals surface area contributed by atoms with E-state index in [0.717, 1.165) is 32.1 Å². The van der Waals surface area contributed by atoms with Gasteiger partial charge in [0.15, 0.2) is 0 Å². The van der Waals surface area contributed by atoms with Gasteiger partial charge in [-0.25, -0.2) is 4.79 Å². The largest absolute Gasteiger partial charge is 0.353 e. The summed E-state index contributed by atoms with van der Waals surface area (Å²) in [6.45, 7) is 3.66. The molecule has 3 fully saturated rings. The zero-order chi connectivity index (χ0) is 17.6. The predicted molar refractivity (Wildman–Crippen MR) is 99.3 cm³/mol. The van der Waals surface area contributed by atoms with Crippen LogP contribution in [0.2, 0.25) is 0 Å². The Bertz CT molecular complexity index is 454. The smallest absolute Gasteiger partial charge is 0.317 e. The van der Waals surface area contributed by atoms with E-state index in [-0.39, 0.29) is 17.9 Å². The molecule has 142 valence electrons. The topological polar surface area (TPSA) is 61.4 Å². The molecule has 2 atom stereocenters. The third-order valence-electron chi connectivity index (χ3n) is 6.52. The number of piperidine rings is 1. The van der Waals surface area contributed by atoms with Crippen molar-refractivity contribution >= 4 is 11.9 Å². The number of likely N-dealkylation sites (tertiary alicyclic amines) is 1. The Morgan fingerprint density at radius 3 is 2.12 bits per heavy atom. The van der Waals surface area contributed by atoms with Gasteiger partial charge >= 0.3 is 6.03 Å². The van der Waals surface area contributed by atoms with Gasteiger partial charge in [-0.1, -0.05) is 39.0 Å². The maximum absolute atomic E-state index is 12.6. The first-order valence-corrected chi connectivity index (χ1v) is 10.5. The molecule has 0 spiro atoms. The summed E-state index contributed by atoms with van der Waals surface area (Å²) in [6.07, 6.45) is 12.5. The van der Waals surface area contributed by atoms with E-state index in [2.05, 4.69) is 17.6 Å². The van der Waals surface area contributed by atoms with Crippen LogP contribution in [0.5, 0.6) is 0 Å². The molecule has 0 unspecified atom stereocenters. The lowest BCUT2D eigenvalue weighted by Gasteiger charge is -2.35. The van der Waals surface area contributed by atoms with Gasteiger partial charge in [-0.2, -0.15) is 0 Å². The molecule has 2 N–H and O–H groups in total. The molecule has 2 saturated carbocycles. The Labute approximate surface area is 152 Å². The fourth-order valence-corrected chi connectivity index (χ4v) is 4.69. The summed E-state index contributed by atoms with van der Waals surface area (Å²) in [4.78, 5) is 26.9. The van der Waals surface area contributed by atoms with E-state index in [4.69, 9.17) is 0 Å². The second-order valence-electron chi connectivity index (χ2n) is 8.42. The van der Waals surface area contributed by atoms with Crippen molar-refractivity contribution in [2.75, 3.05) is 13.1 Å². The van der Waals surface area contributed by atoms with Crippen LogP contribution in [0.4, 0.5) is 4.79 Å². The van der Waals surface area contributed by atoms with Crippen LogP contribution in [-0.2, 0) is 4.79 Å². The molecule has 1 saturated heterocycles. The molecule has 0 aromatic rings. The highest BCUT2D eigenvalue weighted by Gasteiger charge is 2.31.